The molecule has 2 aliphatic rings. The van der Waals surface area contributed by atoms with Gasteiger partial charge in [0.25, 0.3) is 0 Å². The van der Waals surface area contributed by atoms with Crippen LogP contribution in [0.4, 0.5) is 5.82 Å². The van der Waals surface area contributed by atoms with E-state index < -0.39 is 0 Å². The van der Waals surface area contributed by atoms with Crippen LogP contribution in [0.1, 0.15) is 32.6 Å². The molecule has 1 saturated carbocycles. The summed E-state index contributed by atoms with van der Waals surface area (Å²) in [6.45, 7) is 4.23. The maximum atomic E-state index is 12.9. The number of hydrogen-bond donors (Lipinski definition) is 2. The summed E-state index contributed by atoms with van der Waals surface area (Å²) in [5.74, 6) is 1.61. The standard InChI is InChI=1S/C18H25N5OS/c1-18(10-19,13-4-5-13)22-16(24)12-3-2-7-23(9-12)15-14-6-8-25-17(14)21-11-20-15/h6,8,11-13H,2-5,7,9-10,19H2,1H3,(H,22,24). The monoisotopic (exact) mass is 359 g/mol. The lowest BCUT2D eigenvalue weighted by atomic mass is 9.92. The first-order valence-corrected chi connectivity index (χ1v) is 9.94. The van der Waals surface area contributed by atoms with Crippen LogP contribution in [0.3, 0.4) is 0 Å². The largest absolute Gasteiger partial charge is 0.355 e. The van der Waals surface area contributed by atoms with Gasteiger partial charge in [-0.25, -0.2) is 9.97 Å². The average Bonchev–Trinajstić information content (AvgIpc) is 3.39. The fraction of sp³-hybridized carbons (Fsp3) is 0.611. The fourth-order valence-electron chi connectivity index (χ4n) is 3.84. The summed E-state index contributed by atoms with van der Waals surface area (Å²) in [5.41, 5.74) is 5.70. The third-order valence-electron chi connectivity index (χ3n) is 5.64. The van der Waals surface area contributed by atoms with Crippen LogP contribution in [0.25, 0.3) is 10.2 Å². The molecular weight excluding hydrogens is 334 g/mol. The second kappa shape index (κ2) is 6.53. The number of thiophene rings is 1. The maximum absolute atomic E-state index is 12.9. The van der Waals surface area contributed by atoms with Crippen LogP contribution < -0.4 is 16.0 Å². The number of carbonyl (C=O) groups is 1. The van der Waals surface area contributed by atoms with E-state index in [1.54, 1.807) is 17.7 Å². The molecular formula is C18H25N5OS. The molecule has 3 heterocycles. The van der Waals surface area contributed by atoms with Gasteiger partial charge in [0.1, 0.15) is 17.0 Å². The summed E-state index contributed by atoms with van der Waals surface area (Å²) in [6, 6.07) is 2.07. The van der Waals surface area contributed by atoms with Crippen LogP contribution in [-0.2, 0) is 4.79 Å². The topological polar surface area (TPSA) is 84.1 Å². The Hall–Kier alpha value is -1.73. The lowest BCUT2D eigenvalue weighted by Crippen LogP contribution is -2.56. The molecule has 2 aromatic heterocycles. The summed E-state index contributed by atoms with van der Waals surface area (Å²) in [7, 11) is 0. The quantitative estimate of drug-likeness (QED) is 0.854. The normalized spacial score (nSPS) is 23.4. The molecule has 1 aliphatic heterocycles. The molecule has 2 unspecified atom stereocenters. The van der Waals surface area contributed by atoms with Crippen molar-refractivity contribution < 1.29 is 4.79 Å². The smallest absolute Gasteiger partial charge is 0.225 e. The zero-order valence-corrected chi connectivity index (χ0v) is 15.4. The second-order valence-corrected chi connectivity index (χ2v) is 8.40. The zero-order valence-electron chi connectivity index (χ0n) is 14.6. The minimum Gasteiger partial charge on any atom is -0.355 e. The highest BCUT2D eigenvalue weighted by Gasteiger charge is 2.42. The number of fused-ring (bicyclic) bond motifs is 1. The Morgan fingerprint density at radius 3 is 3.04 bits per heavy atom. The van der Waals surface area contributed by atoms with E-state index in [1.807, 2.05) is 5.38 Å². The number of aromatic nitrogens is 2. The van der Waals surface area contributed by atoms with Gasteiger partial charge in [-0.05, 0) is 50.0 Å². The molecule has 2 aromatic rings. The molecule has 1 amide bonds. The Morgan fingerprint density at radius 2 is 2.28 bits per heavy atom. The molecule has 3 N–H and O–H groups in total. The van der Waals surface area contributed by atoms with Crippen molar-refractivity contribution in [3.8, 4) is 0 Å². The van der Waals surface area contributed by atoms with Gasteiger partial charge in [-0.1, -0.05) is 0 Å². The van der Waals surface area contributed by atoms with Gasteiger partial charge >= 0.3 is 0 Å². The first-order chi connectivity index (χ1) is 12.1. The summed E-state index contributed by atoms with van der Waals surface area (Å²) >= 11 is 1.62. The maximum Gasteiger partial charge on any atom is 0.225 e. The highest BCUT2D eigenvalue weighted by atomic mass is 32.1. The molecule has 2 fully saturated rings. The molecule has 134 valence electrons. The predicted molar refractivity (Wildman–Crippen MR) is 101 cm³/mol. The summed E-state index contributed by atoms with van der Waals surface area (Å²) in [6.07, 6.45) is 5.88. The van der Waals surface area contributed by atoms with Gasteiger partial charge in [0, 0.05) is 19.6 Å². The average molecular weight is 359 g/mol. The van der Waals surface area contributed by atoms with Gasteiger partial charge in [-0.15, -0.1) is 11.3 Å². The molecule has 0 radical (unpaired) electrons. The Labute approximate surface area is 151 Å². The van der Waals surface area contributed by atoms with Gasteiger partial charge in [0.15, 0.2) is 0 Å². The minimum absolute atomic E-state index is 0.0120. The molecule has 1 saturated heterocycles. The number of nitrogens with two attached hydrogens (primary N) is 1. The Kier molecular flexibility index (Phi) is 4.37. The van der Waals surface area contributed by atoms with Crippen LogP contribution in [-0.4, -0.2) is 41.0 Å². The first-order valence-electron chi connectivity index (χ1n) is 9.06. The third-order valence-corrected chi connectivity index (χ3v) is 6.46. The number of carbonyl (C=O) groups excluding carboxylic acids is 1. The van der Waals surface area contributed by atoms with Crippen molar-refractivity contribution in [3.63, 3.8) is 0 Å². The van der Waals surface area contributed by atoms with Crippen LogP contribution in [0.5, 0.6) is 0 Å². The molecule has 25 heavy (non-hydrogen) atoms. The van der Waals surface area contributed by atoms with E-state index in [9.17, 15) is 4.79 Å². The fourth-order valence-corrected chi connectivity index (χ4v) is 4.56. The zero-order chi connectivity index (χ0) is 17.4. The molecule has 0 bridgehead atoms. The van der Waals surface area contributed by atoms with Crippen molar-refractivity contribution in [1.82, 2.24) is 15.3 Å². The molecule has 0 spiro atoms. The first kappa shape index (κ1) is 16.7. The van der Waals surface area contributed by atoms with Crippen LogP contribution in [0, 0.1) is 11.8 Å². The lowest BCUT2D eigenvalue weighted by Gasteiger charge is -2.36. The Bertz CT molecular complexity index is 774. The van der Waals surface area contributed by atoms with E-state index in [0.29, 0.717) is 19.0 Å². The Morgan fingerprint density at radius 1 is 1.44 bits per heavy atom. The number of rotatable bonds is 5. The van der Waals surface area contributed by atoms with Crippen LogP contribution in [0.2, 0.25) is 0 Å². The van der Waals surface area contributed by atoms with Crippen molar-refractivity contribution in [2.45, 2.75) is 38.1 Å². The number of hydrogen-bond acceptors (Lipinski definition) is 6. The van der Waals surface area contributed by atoms with E-state index in [4.69, 9.17) is 5.73 Å². The van der Waals surface area contributed by atoms with Gasteiger partial charge < -0.3 is 16.0 Å². The number of amides is 1. The number of anilines is 1. The Balaban J connectivity index is 1.49. The van der Waals surface area contributed by atoms with E-state index >= 15 is 0 Å². The van der Waals surface area contributed by atoms with Crippen molar-refractivity contribution in [1.29, 1.82) is 0 Å². The van der Waals surface area contributed by atoms with Crippen molar-refractivity contribution in [2.24, 2.45) is 17.6 Å². The van der Waals surface area contributed by atoms with E-state index in [0.717, 1.165) is 35.4 Å². The predicted octanol–water partition coefficient (Wildman–Crippen LogP) is 2.15. The number of nitrogens with one attached hydrogen (secondary N) is 1. The van der Waals surface area contributed by atoms with Crippen molar-refractivity contribution in [3.05, 3.63) is 17.8 Å². The highest BCUT2D eigenvalue weighted by molar-refractivity contribution is 7.16. The third kappa shape index (κ3) is 3.22. The number of nitrogens with zero attached hydrogens (tertiary/aromatic N) is 3. The van der Waals surface area contributed by atoms with E-state index in [1.165, 1.54) is 12.8 Å². The molecule has 7 heteroatoms. The van der Waals surface area contributed by atoms with E-state index in [-0.39, 0.29) is 17.4 Å². The molecule has 0 aromatic carbocycles. The molecule has 2 atom stereocenters. The van der Waals surface area contributed by atoms with Crippen LogP contribution >= 0.6 is 11.3 Å². The summed E-state index contributed by atoms with van der Waals surface area (Å²) in [5, 5.41) is 6.38. The minimum atomic E-state index is -0.255. The second-order valence-electron chi connectivity index (χ2n) is 7.51. The van der Waals surface area contributed by atoms with E-state index in [2.05, 4.69) is 33.2 Å². The van der Waals surface area contributed by atoms with Gasteiger partial charge in [-0.2, -0.15) is 0 Å². The molecule has 6 nitrogen and oxygen atoms in total. The van der Waals surface area contributed by atoms with Crippen LogP contribution in [0.15, 0.2) is 17.8 Å². The lowest BCUT2D eigenvalue weighted by molar-refractivity contribution is -0.127. The number of piperidine rings is 1. The highest BCUT2D eigenvalue weighted by Crippen LogP contribution is 2.39. The van der Waals surface area contributed by atoms with Gasteiger partial charge in [-0.3, -0.25) is 4.79 Å². The van der Waals surface area contributed by atoms with Gasteiger partial charge in [0.2, 0.25) is 5.91 Å². The van der Waals surface area contributed by atoms with Crippen molar-refractivity contribution >= 4 is 33.3 Å². The van der Waals surface area contributed by atoms with Crippen molar-refractivity contribution in [2.75, 3.05) is 24.5 Å². The van der Waals surface area contributed by atoms with Gasteiger partial charge in [0.05, 0.1) is 16.8 Å². The molecule has 1 aliphatic carbocycles. The summed E-state index contributed by atoms with van der Waals surface area (Å²) < 4.78 is 0. The SMILES string of the molecule is CC(CN)(NC(=O)C1CCCN(c2ncnc3sccc23)C1)C1CC1. The summed E-state index contributed by atoms with van der Waals surface area (Å²) in [4.78, 5) is 24.9. The molecule has 4 rings (SSSR count).